The number of ether oxygens (including phenoxy) is 1. The molecule has 0 spiro atoms. The van der Waals surface area contributed by atoms with E-state index < -0.39 is 0 Å². The summed E-state index contributed by atoms with van der Waals surface area (Å²) < 4.78 is 5.75. The van der Waals surface area contributed by atoms with Gasteiger partial charge >= 0.3 is 6.03 Å². The van der Waals surface area contributed by atoms with Crippen molar-refractivity contribution >= 4 is 22.8 Å². The summed E-state index contributed by atoms with van der Waals surface area (Å²) in [5.41, 5.74) is 4.44. The van der Waals surface area contributed by atoms with Crippen molar-refractivity contribution in [3.8, 4) is 11.6 Å². The monoisotopic (exact) mass is 401 g/mol. The number of aryl methyl sites for hydroxylation is 1. The molecular formula is C21H19N7O2. The molecule has 0 radical (unpaired) electrons. The second-order valence-electron chi connectivity index (χ2n) is 7.12. The van der Waals surface area contributed by atoms with Gasteiger partial charge in [-0.1, -0.05) is 6.07 Å². The van der Waals surface area contributed by atoms with Crippen molar-refractivity contribution in [3.05, 3.63) is 65.9 Å². The summed E-state index contributed by atoms with van der Waals surface area (Å²) in [6.45, 7) is 2.98. The molecule has 0 bridgehead atoms. The second kappa shape index (κ2) is 7.43. The zero-order valence-electron chi connectivity index (χ0n) is 16.3. The van der Waals surface area contributed by atoms with Crippen LogP contribution in [0.3, 0.4) is 0 Å². The highest BCUT2D eigenvalue weighted by Crippen LogP contribution is 2.26. The van der Waals surface area contributed by atoms with Crippen LogP contribution in [0, 0.1) is 6.92 Å². The van der Waals surface area contributed by atoms with Crippen LogP contribution in [0.1, 0.15) is 16.8 Å². The number of fused-ring (bicyclic) bond motifs is 3. The fourth-order valence-corrected chi connectivity index (χ4v) is 3.58. The van der Waals surface area contributed by atoms with E-state index in [1.807, 2.05) is 25.3 Å². The number of aromatic nitrogens is 5. The Morgan fingerprint density at radius 1 is 1.23 bits per heavy atom. The molecule has 4 heterocycles. The molecule has 2 amide bonds. The molecule has 0 saturated carbocycles. The van der Waals surface area contributed by atoms with Gasteiger partial charge in [-0.3, -0.25) is 10.1 Å². The molecular weight excluding hydrogens is 382 g/mol. The molecule has 0 fully saturated rings. The van der Waals surface area contributed by atoms with Gasteiger partial charge in [0.05, 0.1) is 18.1 Å². The molecule has 150 valence electrons. The Balaban J connectivity index is 1.28. The molecule has 2 N–H and O–H groups in total. The summed E-state index contributed by atoms with van der Waals surface area (Å²) in [5, 5.41) is 10.9. The van der Waals surface area contributed by atoms with Gasteiger partial charge in [-0.2, -0.15) is 5.10 Å². The zero-order chi connectivity index (χ0) is 20.5. The van der Waals surface area contributed by atoms with E-state index >= 15 is 0 Å². The Labute approximate surface area is 172 Å². The van der Waals surface area contributed by atoms with Gasteiger partial charge < -0.3 is 15.0 Å². The van der Waals surface area contributed by atoms with Crippen molar-refractivity contribution < 1.29 is 9.53 Å². The first-order valence-corrected chi connectivity index (χ1v) is 9.58. The number of hydrogen-bond acceptors (Lipinski definition) is 6. The second-order valence-corrected chi connectivity index (χ2v) is 7.12. The summed E-state index contributed by atoms with van der Waals surface area (Å²) in [6, 6.07) is 7.04. The maximum absolute atomic E-state index is 12.8. The van der Waals surface area contributed by atoms with Crippen molar-refractivity contribution in [1.82, 2.24) is 30.0 Å². The van der Waals surface area contributed by atoms with E-state index in [0.29, 0.717) is 30.4 Å². The van der Waals surface area contributed by atoms with Crippen LogP contribution in [0.2, 0.25) is 0 Å². The fraction of sp³-hybridized carbons (Fsp3) is 0.190. The Kier molecular flexibility index (Phi) is 4.47. The van der Waals surface area contributed by atoms with Gasteiger partial charge in [0.25, 0.3) is 0 Å². The maximum atomic E-state index is 12.8. The summed E-state index contributed by atoms with van der Waals surface area (Å²) in [4.78, 5) is 27.3. The first-order valence-electron chi connectivity index (χ1n) is 9.58. The molecule has 30 heavy (non-hydrogen) atoms. The number of nitrogens with one attached hydrogen (secondary N) is 2. The molecule has 9 nitrogen and oxygen atoms in total. The number of carbonyl (C=O) groups excluding carboxylic acids is 1. The SMILES string of the molecule is Cc1cncc(Oc2cccc(NC(=O)N3CCc4c(cnc5[nH]ncc45)C3)c2)n1. The molecule has 1 aliphatic rings. The number of nitrogens with zero attached hydrogens (tertiary/aromatic N) is 5. The molecule has 0 saturated heterocycles. The van der Waals surface area contributed by atoms with E-state index in [0.717, 1.165) is 28.7 Å². The number of benzene rings is 1. The van der Waals surface area contributed by atoms with Crippen LogP contribution >= 0.6 is 0 Å². The molecule has 9 heteroatoms. The van der Waals surface area contributed by atoms with E-state index in [2.05, 4.69) is 30.5 Å². The predicted octanol–water partition coefficient (Wildman–Crippen LogP) is 3.44. The number of anilines is 1. The number of pyridine rings is 1. The van der Waals surface area contributed by atoms with E-state index in [-0.39, 0.29) is 6.03 Å². The topological polar surface area (TPSA) is 109 Å². The third-order valence-corrected chi connectivity index (χ3v) is 5.00. The van der Waals surface area contributed by atoms with Crippen LogP contribution < -0.4 is 10.1 Å². The normalized spacial score (nSPS) is 13.2. The number of amides is 2. The van der Waals surface area contributed by atoms with Gasteiger partial charge in [0.15, 0.2) is 5.65 Å². The lowest BCUT2D eigenvalue weighted by Crippen LogP contribution is -2.39. The number of rotatable bonds is 3. The van der Waals surface area contributed by atoms with Crippen molar-refractivity contribution in [2.45, 2.75) is 19.9 Å². The minimum atomic E-state index is -0.166. The number of urea groups is 1. The lowest BCUT2D eigenvalue weighted by molar-refractivity contribution is 0.206. The number of hydrogen-bond donors (Lipinski definition) is 2. The minimum absolute atomic E-state index is 0.166. The summed E-state index contributed by atoms with van der Waals surface area (Å²) in [7, 11) is 0. The maximum Gasteiger partial charge on any atom is 0.322 e. The van der Waals surface area contributed by atoms with E-state index in [1.54, 1.807) is 35.6 Å². The zero-order valence-corrected chi connectivity index (χ0v) is 16.3. The molecule has 5 rings (SSSR count). The van der Waals surface area contributed by atoms with E-state index in [1.165, 1.54) is 5.56 Å². The molecule has 0 unspecified atom stereocenters. The minimum Gasteiger partial charge on any atom is -0.437 e. The highest BCUT2D eigenvalue weighted by molar-refractivity contribution is 5.90. The molecule has 0 aliphatic carbocycles. The average Bonchev–Trinajstić information content (AvgIpc) is 3.23. The average molecular weight is 401 g/mol. The smallest absolute Gasteiger partial charge is 0.322 e. The molecule has 4 aromatic rings. The number of carbonyl (C=O) groups is 1. The van der Waals surface area contributed by atoms with Gasteiger partial charge in [0.2, 0.25) is 5.88 Å². The number of H-pyrrole nitrogens is 1. The fourth-order valence-electron chi connectivity index (χ4n) is 3.58. The standard InChI is InChI=1S/C21H19N7O2/c1-13-8-22-11-19(25-13)30-16-4-2-3-15(7-16)26-21(29)28-6-5-17-14(12-28)9-23-20-18(17)10-24-27-20/h2-4,7-11H,5-6,12H2,1H3,(H,26,29)(H,23,24,27). The first-order chi connectivity index (χ1) is 14.7. The first kappa shape index (κ1) is 18.0. The van der Waals surface area contributed by atoms with E-state index in [4.69, 9.17) is 4.74 Å². The molecule has 1 aliphatic heterocycles. The van der Waals surface area contributed by atoms with E-state index in [9.17, 15) is 4.79 Å². The highest BCUT2D eigenvalue weighted by Gasteiger charge is 2.23. The predicted molar refractivity (Wildman–Crippen MR) is 110 cm³/mol. The lowest BCUT2D eigenvalue weighted by Gasteiger charge is -2.29. The van der Waals surface area contributed by atoms with Crippen LogP contribution in [0.15, 0.2) is 49.1 Å². The van der Waals surface area contributed by atoms with Crippen LogP contribution in [0.25, 0.3) is 11.0 Å². The van der Waals surface area contributed by atoms with Crippen LogP contribution in [-0.2, 0) is 13.0 Å². The Hall–Kier alpha value is -4.01. The van der Waals surface area contributed by atoms with Crippen LogP contribution in [0.4, 0.5) is 10.5 Å². The summed E-state index contributed by atoms with van der Waals surface area (Å²) in [6.07, 6.45) is 7.58. The van der Waals surface area contributed by atoms with Crippen molar-refractivity contribution in [2.24, 2.45) is 0 Å². The lowest BCUT2D eigenvalue weighted by atomic mass is 9.99. The van der Waals surface area contributed by atoms with Crippen LogP contribution in [-0.4, -0.2) is 42.6 Å². The van der Waals surface area contributed by atoms with Gasteiger partial charge in [0, 0.05) is 42.6 Å². The van der Waals surface area contributed by atoms with Gasteiger partial charge in [-0.15, -0.1) is 0 Å². The largest absolute Gasteiger partial charge is 0.437 e. The molecule has 3 aromatic heterocycles. The highest BCUT2D eigenvalue weighted by atomic mass is 16.5. The molecule has 1 aromatic carbocycles. The summed E-state index contributed by atoms with van der Waals surface area (Å²) in [5.74, 6) is 0.979. The van der Waals surface area contributed by atoms with Crippen molar-refractivity contribution in [1.29, 1.82) is 0 Å². The van der Waals surface area contributed by atoms with Crippen molar-refractivity contribution in [3.63, 3.8) is 0 Å². The van der Waals surface area contributed by atoms with Gasteiger partial charge in [-0.25, -0.2) is 14.8 Å². The Morgan fingerprint density at radius 2 is 2.17 bits per heavy atom. The van der Waals surface area contributed by atoms with Gasteiger partial charge in [-0.05, 0) is 36.6 Å². The third-order valence-electron chi connectivity index (χ3n) is 5.00. The quantitative estimate of drug-likeness (QED) is 0.544. The van der Waals surface area contributed by atoms with Crippen LogP contribution in [0.5, 0.6) is 11.6 Å². The number of aromatic amines is 1. The Bertz CT molecular complexity index is 1240. The summed E-state index contributed by atoms with van der Waals surface area (Å²) >= 11 is 0. The third kappa shape index (κ3) is 3.52. The molecule has 0 atom stereocenters. The van der Waals surface area contributed by atoms with Gasteiger partial charge in [0.1, 0.15) is 5.75 Å². The van der Waals surface area contributed by atoms with Crippen molar-refractivity contribution in [2.75, 3.05) is 11.9 Å². The Morgan fingerprint density at radius 3 is 3.07 bits per heavy atom.